The van der Waals surface area contributed by atoms with Gasteiger partial charge in [0.1, 0.15) is 5.01 Å². The maximum absolute atomic E-state index is 12.4. The second kappa shape index (κ2) is 7.02. The van der Waals surface area contributed by atoms with Crippen molar-refractivity contribution in [1.82, 2.24) is 25.3 Å². The average Bonchev–Trinajstić information content (AvgIpc) is 3.27. The van der Waals surface area contributed by atoms with E-state index in [1.807, 2.05) is 50.4 Å². The normalized spacial score (nSPS) is 13.2. The van der Waals surface area contributed by atoms with Crippen LogP contribution in [0.2, 0.25) is 0 Å². The van der Waals surface area contributed by atoms with Crippen LogP contribution in [0.25, 0.3) is 5.69 Å². The number of aryl methyl sites for hydroxylation is 1. The van der Waals surface area contributed by atoms with Crippen molar-refractivity contribution < 1.29 is 4.79 Å². The molecule has 0 aliphatic rings. The molecule has 0 spiro atoms. The van der Waals surface area contributed by atoms with E-state index in [0.29, 0.717) is 5.69 Å². The largest absolute Gasteiger partial charge is 0.326 e. The minimum absolute atomic E-state index is 0.262. The number of benzene rings is 1. The highest BCUT2D eigenvalue weighted by molar-refractivity contribution is 7.09. The molecule has 0 fully saturated rings. The zero-order chi connectivity index (χ0) is 17.9. The van der Waals surface area contributed by atoms with E-state index in [2.05, 4.69) is 25.8 Å². The highest BCUT2D eigenvalue weighted by atomic mass is 32.1. The summed E-state index contributed by atoms with van der Waals surface area (Å²) in [5, 5.41) is 16.9. The predicted octanol–water partition coefficient (Wildman–Crippen LogP) is 3.48. The molecule has 0 saturated carbocycles. The quantitative estimate of drug-likeness (QED) is 0.733. The zero-order valence-corrected chi connectivity index (χ0v) is 15.2. The third-order valence-electron chi connectivity index (χ3n) is 3.96. The molecule has 3 aromatic rings. The van der Waals surface area contributed by atoms with Gasteiger partial charge in [-0.3, -0.25) is 0 Å². The molecule has 0 aliphatic heterocycles. The Kier molecular flexibility index (Phi) is 4.80. The van der Waals surface area contributed by atoms with Gasteiger partial charge in [0.25, 0.3) is 0 Å². The Labute approximate surface area is 150 Å². The third-order valence-corrected chi connectivity index (χ3v) is 5.19. The van der Waals surface area contributed by atoms with Gasteiger partial charge in [0, 0.05) is 16.8 Å². The van der Waals surface area contributed by atoms with Crippen LogP contribution in [-0.2, 0) is 5.54 Å². The number of carbonyl (C=O) groups is 1. The number of rotatable bonds is 5. The molecule has 3 rings (SSSR count). The van der Waals surface area contributed by atoms with E-state index in [0.717, 1.165) is 22.8 Å². The molecule has 0 aliphatic carbocycles. The molecular weight excluding hydrogens is 336 g/mol. The Morgan fingerprint density at radius 1 is 1.24 bits per heavy atom. The molecule has 7 nitrogen and oxygen atoms in total. The Bertz CT molecular complexity index is 842. The molecule has 0 bridgehead atoms. The minimum Gasteiger partial charge on any atom is -0.326 e. The Balaban J connectivity index is 1.67. The van der Waals surface area contributed by atoms with Crippen LogP contribution in [0.3, 0.4) is 0 Å². The van der Waals surface area contributed by atoms with Crippen molar-refractivity contribution >= 4 is 23.1 Å². The lowest BCUT2D eigenvalue weighted by molar-refractivity contribution is 0.237. The van der Waals surface area contributed by atoms with Gasteiger partial charge in [-0.2, -0.15) is 15.0 Å². The van der Waals surface area contributed by atoms with Crippen LogP contribution in [0.15, 0.2) is 42.0 Å². The average molecular weight is 356 g/mol. The SMILES string of the molecule is CC[C@@](C)(NC(=O)Nc1ccc(-n2nccn2)cc1)c1nc(C)cs1. The summed E-state index contributed by atoms with van der Waals surface area (Å²) in [5.41, 5.74) is 1.99. The van der Waals surface area contributed by atoms with Gasteiger partial charge in [0.05, 0.1) is 23.6 Å². The predicted molar refractivity (Wildman–Crippen MR) is 98.0 cm³/mol. The topological polar surface area (TPSA) is 84.7 Å². The van der Waals surface area contributed by atoms with E-state index < -0.39 is 5.54 Å². The molecular formula is C17H20N6OS. The van der Waals surface area contributed by atoms with E-state index in [9.17, 15) is 4.79 Å². The van der Waals surface area contributed by atoms with Gasteiger partial charge in [-0.15, -0.1) is 11.3 Å². The summed E-state index contributed by atoms with van der Waals surface area (Å²) in [7, 11) is 0. The Morgan fingerprint density at radius 2 is 1.92 bits per heavy atom. The number of aromatic nitrogens is 4. The van der Waals surface area contributed by atoms with Crippen LogP contribution < -0.4 is 10.6 Å². The summed E-state index contributed by atoms with van der Waals surface area (Å²) in [6.07, 6.45) is 3.98. The summed E-state index contributed by atoms with van der Waals surface area (Å²) in [6, 6.07) is 7.06. The van der Waals surface area contributed by atoms with Crippen LogP contribution in [0.5, 0.6) is 0 Å². The summed E-state index contributed by atoms with van der Waals surface area (Å²) in [4.78, 5) is 18.4. The monoisotopic (exact) mass is 356 g/mol. The van der Waals surface area contributed by atoms with Crippen molar-refractivity contribution in [3.63, 3.8) is 0 Å². The highest BCUT2D eigenvalue weighted by Gasteiger charge is 2.29. The molecule has 0 unspecified atom stereocenters. The van der Waals surface area contributed by atoms with Crippen molar-refractivity contribution in [3.05, 3.63) is 52.7 Å². The van der Waals surface area contributed by atoms with E-state index in [-0.39, 0.29) is 6.03 Å². The van der Waals surface area contributed by atoms with Crippen LogP contribution in [0, 0.1) is 6.92 Å². The van der Waals surface area contributed by atoms with E-state index in [4.69, 9.17) is 0 Å². The van der Waals surface area contributed by atoms with Gasteiger partial charge in [0.2, 0.25) is 0 Å². The smallest absolute Gasteiger partial charge is 0.320 e. The van der Waals surface area contributed by atoms with Gasteiger partial charge in [0.15, 0.2) is 0 Å². The second-order valence-corrected chi connectivity index (χ2v) is 6.78. The maximum Gasteiger partial charge on any atom is 0.320 e. The standard InChI is InChI=1S/C17H20N6OS/c1-4-17(3,15-20-12(2)11-25-15)22-16(24)21-13-5-7-14(8-6-13)23-18-9-10-19-23/h5-11H,4H2,1-3H3,(H2,21,22,24)/t17-/m1/s1. The fourth-order valence-corrected chi connectivity index (χ4v) is 3.33. The number of nitrogens with one attached hydrogen (secondary N) is 2. The number of urea groups is 1. The molecule has 2 N–H and O–H groups in total. The van der Waals surface area contributed by atoms with E-state index in [1.54, 1.807) is 23.7 Å². The molecule has 130 valence electrons. The fraction of sp³-hybridized carbons (Fsp3) is 0.294. The third kappa shape index (κ3) is 3.85. The summed E-state index contributed by atoms with van der Waals surface area (Å²) in [6.45, 7) is 5.96. The highest BCUT2D eigenvalue weighted by Crippen LogP contribution is 2.27. The Hall–Kier alpha value is -2.74. The summed E-state index contributed by atoms with van der Waals surface area (Å²) >= 11 is 1.56. The van der Waals surface area contributed by atoms with Crippen LogP contribution in [-0.4, -0.2) is 26.0 Å². The number of hydrogen-bond donors (Lipinski definition) is 2. The number of amides is 2. The molecule has 1 aromatic carbocycles. The molecule has 0 radical (unpaired) electrons. The number of anilines is 1. The van der Waals surface area contributed by atoms with Gasteiger partial charge in [-0.25, -0.2) is 9.78 Å². The van der Waals surface area contributed by atoms with E-state index in [1.165, 1.54) is 4.80 Å². The van der Waals surface area contributed by atoms with Crippen molar-refractivity contribution in [3.8, 4) is 5.69 Å². The van der Waals surface area contributed by atoms with E-state index >= 15 is 0 Å². The van der Waals surface area contributed by atoms with Crippen LogP contribution in [0.4, 0.5) is 10.5 Å². The van der Waals surface area contributed by atoms with Gasteiger partial charge in [-0.1, -0.05) is 6.92 Å². The van der Waals surface area contributed by atoms with Crippen molar-refractivity contribution in [2.75, 3.05) is 5.32 Å². The lowest BCUT2D eigenvalue weighted by Crippen LogP contribution is -2.45. The number of nitrogens with zero attached hydrogens (tertiary/aromatic N) is 4. The van der Waals surface area contributed by atoms with Gasteiger partial charge in [-0.05, 0) is 44.5 Å². The van der Waals surface area contributed by atoms with Crippen molar-refractivity contribution in [1.29, 1.82) is 0 Å². The summed E-state index contributed by atoms with van der Waals surface area (Å²) < 4.78 is 0. The first kappa shape index (κ1) is 17.1. The van der Waals surface area contributed by atoms with Gasteiger partial charge >= 0.3 is 6.03 Å². The molecule has 8 heteroatoms. The molecule has 1 atom stereocenters. The van der Waals surface area contributed by atoms with Crippen molar-refractivity contribution in [2.24, 2.45) is 0 Å². The van der Waals surface area contributed by atoms with Crippen LogP contribution >= 0.6 is 11.3 Å². The number of carbonyl (C=O) groups excluding carboxylic acids is 1. The number of thiazole rings is 1. The number of hydrogen-bond acceptors (Lipinski definition) is 5. The second-order valence-electron chi connectivity index (χ2n) is 5.92. The summed E-state index contributed by atoms with van der Waals surface area (Å²) in [5.74, 6) is 0. The molecule has 2 amide bonds. The lowest BCUT2D eigenvalue weighted by atomic mass is 10.0. The minimum atomic E-state index is -0.498. The van der Waals surface area contributed by atoms with Crippen molar-refractivity contribution in [2.45, 2.75) is 32.7 Å². The fourth-order valence-electron chi connectivity index (χ4n) is 2.34. The molecule has 2 heterocycles. The zero-order valence-electron chi connectivity index (χ0n) is 14.4. The maximum atomic E-state index is 12.4. The van der Waals surface area contributed by atoms with Gasteiger partial charge < -0.3 is 10.6 Å². The first-order valence-corrected chi connectivity index (χ1v) is 8.86. The molecule has 25 heavy (non-hydrogen) atoms. The first-order valence-electron chi connectivity index (χ1n) is 7.99. The molecule has 2 aromatic heterocycles. The first-order chi connectivity index (χ1) is 12.0. The molecule has 0 saturated heterocycles. The Morgan fingerprint density at radius 3 is 2.48 bits per heavy atom. The lowest BCUT2D eigenvalue weighted by Gasteiger charge is -2.27. The van der Waals surface area contributed by atoms with Crippen LogP contribution in [0.1, 0.15) is 31.0 Å².